The Bertz CT molecular complexity index is 334. The van der Waals surface area contributed by atoms with Gasteiger partial charge in [0.15, 0.2) is 0 Å². The highest BCUT2D eigenvalue weighted by atomic mass is 16.2. The molecule has 5 nitrogen and oxygen atoms in total. The van der Waals surface area contributed by atoms with E-state index in [1.165, 1.54) is 12.8 Å². The van der Waals surface area contributed by atoms with Crippen molar-refractivity contribution in [1.29, 1.82) is 0 Å². The van der Waals surface area contributed by atoms with Crippen molar-refractivity contribution in [2.75, 3.05) is 13.6 Å². The van der Waals surface area contributed by atoms with Crippen LogP contribution in [0.1, 0.15) is 45.4 Å². The number of nitrogens with one attached hydrogen (secondary N) is 2. The first kappa shape index (κ1) is 14.3. The maximum absolute atomic E-state index is 11.8. The van der Waals surface area contributed by atoms with Gasteiger partial charge in [-0.2, -0.15) is 0 Å². The van der Waals surface area contributed by atoms with Crippen molar-refractivity contribution < 1.29 is 9.59 Å². The smallest absolute Gasteiger partial charge is 0.321 e. The first-order valence-corrected chi connectivity index (χ1v) is 7.35. The molecule has 0 aromatic rings. The number of rotatable bonds is 4. The molecule has 0 aromatic carbocycles. The summed E-state index contributed by atoms with van der Waals surface area (Å²) in [5, 5.41) is 5.15. The Labute approximate surface area is 115 Å². The molecular weight excluding hydrogens is 242 g/mol. The molecule has 0 bridgehead atoms. The van der Waals surface area contributed by atoms with E-state index in [0.717, 1.165) is 31.6 Å². The van der Waals surface area contributed by atoms with Crippen molar-refractivity contribution in [1.82, 2.24) is 15.5 Å². The van der Waals surface area contributed by atoms with E-state index in [9.17, 15) is 9.59 Å². The molecule has 0 spiro atoms. The summed E-state index contributed by atoms with van der Waals surface area (Å²) in [6.07, 6.45) is 6.83. The first-order chi connectivity index (χ1) is 9.04. The molecule has 3 amide bonds. The highest BCUT2D eigenvalue weighted by Gasteiger charge is 2.25. The fraction of sp³-hybridized carbons (Fsp3) is 0.857. The minimum absolute atomic E-state index is 0.209. The third kappa shape index (κ3) is 4.82. The molecule has 2 fully saturated rings. The summed E-state index contributed by atoms with van der Waals surface area (Å²) in [6.45, 7) is 2.59. The molecule has 2 rings (SSSR count). The van der Waals surface area contributed by atoms with Gasteiger partial charge in [0.1, 0.15) is 0 Å². The van der Waals surface area contributed by atoms with Crippen molar-refractivity contribution in [3.63, 3.8) is 0 Å². The molecule has 19 heavy (non-hydrogen) atoms. The lowest BCUT2D eigenvalue weighted by Gasteiger charge is -2.33. The second-order valence-corrected chi connectivity index (χ2v) is 6.12. The Balaban J connectivity index is 1.67. The molecule has 2 N–H and O–H groups in total. The van der Waals surface area contributed by atoms with E-state index in [1.54, 1.807) is 0 Å². The number of hydrogen-bond donors (Lipinski definition) is 2. The van der Waals surface area contributed by atoms with E-state index in [2.05, 4.69) is 22.5 Å². The summed E-state index contributed by atoms with van der Waals surface area (Å²) < 4.78 is 0. The fourth-order valence-electron chi connectivity index (χ4n) is 2.65. The van der Waals surface area contributed by atoms with Gasteiger partial charge in [-0.15, -0.1) is 0 Å². The summed E-state index contributed by atoms with van der Waals surface area (Å²) in [5.41, 5.74) is 0. The van der Waals surface area contributed by atoms with Gasteiger partial charge in [-0.3, -0.25) is 15.0 Å². The number of hydrogen-bond acceptors (Lipinski definition) is 3. The van der Waals surface area contributed by atoms with Gasteiger partial charge in [0.25, 0.3) is 0 Å². The fourth-order valence-corrected chi connectivity index (χ4v) is 2.65. The molecule has 5 heteroatoms. The molecule has 0 aliphatic heterocycles. The lowest BCUT2D eigenvalue weighted by molar-refractivity contribution is -0.121. The summed E-state index contributed by atoms with van der Waals surface area (Å²) >= 11 is 0. The third-order valence-corrected chi connectivity index (χ3v) is 4.17. The lowest BCUT2D eigenvalue weighted by atomic mass is 9.87. The summed E-state index contributed by atoms with van der Waals surface area (Å²) in [6, 6.07) is 0.414. The average molecular weight is 267 g/mol. The minimum atomic E-state index is -0.349. The van der Waals surface area contributed by atoms with Gasteiger partial charge >= 0.3 is 6.03 Å². The van der Waals surface area contributed by atoms with Crippen LogP contribution in [-0.2, 0) is 4.79 Å². The number of imide groups is 1. The highest BCUT2D eigenvalue weighted by molar-refractivity contribution is 5.95. The second kappa shape index (κ2) is 6.37. The van der Waals surface area contributed by atoms with E-state index >= 15 is 0 Å². The molecule has 0 aromatic heterocycles. The van der Waals surface area contributed by atoms with Gasteiger partial charge in [0, 0.05) is 12.1 Å². The molecule has 0 saturated heterocycles. The topological polar surface area (TPSA) is 61.4 Å². The van der Waals surface area contributed by atoms with Gasteiger partial charge in [0.05, 0.1) is 6.54 Å². The van der Waals surface area contributed by atoms with Crippen LogP contribution in [0, 0.1) is 5.92 Å². The summed E-state index contributed by atoms with van der Waals surface area (Å²) in [4.78, 5) is 25.3. The molecule has 2 saturated carbocycles. The van der Waals surface area contributed by atoms with Gasteiger partial charge in [0.2, 0.25) is 5.91 Å². The summed E-state index contributed by atoms with van der Waals surface area (Å²) in [5.74, 6) is 0.599. The van der Waals surface area contributed by atoms with E-state index < -0.39 is 0 Å². The van der Waals surface area contributed by atoms with Crippen LogP contribution in [-0.4, -0.2) is 42.5 Å². The zero-order valence-corrected chi connectivity index (χ0v) is 11.9. The Kier molecular flexibility index (Phi) is 4.80. The average Bonchev–Trinajstić information content (AvgIpc) is 3.13. The maximum Gasteiger partial charge on any atom is 0.321 e. The highest BCUT2D eigenvalue weighted by Crippen LogP contribution is 2.26. The van der Waals surface area contributed by atoms with Crippen LogP contribution >= 0.6 is 0 Å². The molecular formula is C14H25N3O2. The zero-order chi connectivity index (χ0) is 13.8. The van der Waals surface area contributed by atoms with Crippen molar-refractivity contribution >= 4 is 11.9 Å². The van der Waals surface area contributed by atoms with Crippen LogP contribution < -0.4 is 10.6 Å². The number of amides is 3. The SMILES string of the molecule is CC1CCC(N(C)CC(=O)NC(=O)NC2CC2)CC1. The van der Waals surface area contributed by atoms with Crippen molar-refractivity contribution in [2.45, 2.75) is 57.5 Å². The van der Waals surface area contributed by atoms with E-state index in [-0.39, 0.29) is 18.0 Å². The molecule has 0 radical (unpaired) electrons. The second-order valence-electron chi connectivity index (χ2n) is 6.12. The Morgan fingerprint density at radius 2 is 1.74 bits per heavy atom. The molecule has 2 aliphatic carbocycles. The molecule has 108 valence electrons. The van der Waals surface area contributed by atoms with Gasteiger partial charge in [-0.1, -0.05) is 6.92 Å². The van der Waals surface area contributed by atoms with Crippen LogP contribution in [0.15, 0.2) is 0 Å². The van der Waals surface area contributed by atoms with E-state index in [1.807, 2.05) is 7.05 Å². The standard InChI is InChI=1S/C14H25N3O2/c1-10-3-7-12(8-4-10)17(2)9-13(18)16-14(19)15-11-5-6-11/h10-12H,3-9H2,1-2H3,(H2,15,16,18,19). The Hall–Kier alpha value is -1.10. The molecule has 0 atom stereocenters. The van der Waals surface area contributed by atoms with Crippen molar-refractivity contribution in [3.8, 4) is 0 Å². The first-order valence-electron chi connectivity index (χ1n) is 7.35. The maximum atomic E-state index is 11.8. The van der Waals surface area contributed by atoms with Gasteiger partial charge in [-0.05, 0) is 51.5 Å². The monoisotopic (exact) mass is 267 g/mol. The predicted octanol–water partition coefficient (Wildman–Crippen LogP) is 1.49. The Morgan fingerprint density at radius 3 is 2.32 bits per heavy atom. The van der Waals surface area contributed by atoms with Crippen molar-refractivity contribution in [2.24, 2.45) is 5.92 Å². The number of nitrogens with zero attached hydrogens (tertiary/aromatic N) is 1. The van der Waals surface area contributed by atoms with Crippen LogP contribution in [0.2, 0.25) is 0 Å². The number of urea groups is 1. The van der Waals surface area contributed by atoms with Crippen LogP contribution in [0.3, 0.4) is 0 Å². The van der Waals surface area contributed by atoms with E-state index in [0.29, 0.717) is 12.6 Å². The Morgan fingerprint density at radius 1 is 1.11 bits per heavy atom. The molecule has 0 unspecified atom stereocenters. The van der Waals surface area contributed by atoms with E-state index in [4.69, 9.17) is 0 Å². The van der Waals surface area contributed by atoms with Gasteiger partial charge in [-0.25, -0.2) is 4.79 Å². The largest absolute Gasteiger partial charge is 0.335 e. The number of carbonyl (C=O) groups is 2. The molecule has 2 aliphatic rings. The number of carbonyl (C=O) groups excluding carboxylic acids is 2. The van der Waals surface area contributed by atoms with Gasteiger partial charge < -0.3 is 5.32 Å². The molecule has 0 heterocycles. The predicted molar refractivity (Wildman–Crippen MR) is 73.7 cm³/mol. The lowest BCUT2D eigenvalue weighted by Crippen LogP contribution is -2.46. The van der Waals surface area contributed by atoms with Crippen LogP contribution in [0.25, 0.3) is 0 Å². The summed E-state index contributed by atoms with van der Waals surface area (Å²) in [7, 11) is 1.97. The van der Waals surface area contributed by atoms with Crippen LogP contribution in [0.5, 0.6) is 0 Å². The quantitative estimate of drug-likeness (QED) is 0.811. The third-order valence-electron chi connectivity index (χ3n) is 4.17. The van der Waals surface area contributed by atoms with Crippen molar-refractivity contribution in [3.05, 3.63) is 0 Å². The zero-order valence-electron chi connectivity index (χ0n) is 11.9. The minimum Gasteiger partial charge on any atom is -0.335 e. The van der Waals surface area contributed by atoms with Crippen LogP contribution in [0.4, 0.5) is 4.79 Å². The number of likely N-dealkylation sites (N-methyl/N-ethyl adjacent to an activating group) is 1. The normalized spacial score (nSPS) is 27.1.